The SMILES string of the molecule is CNCCCC(=O)NCCC1=CCCCC1. The van der Waals surface area contributed by atoms with Gasteiger partial charge in [-0.1, -0.05) is 11.6 Å². The van der Waals surface area contributed by atoms with Crippen LogP contribution in [0.2, 0.25) is 0 Å². The zero-order chi connectivity index (χ0) is 11.6. The molecule has 1 rings (SSSR count). The second-order valence-corrected chi connectivity index (χ2v) is 4.42. The van der Waals surface area contributed by atoms with Crippen molar-refractivity contribution in [3.05, 3.63) is 11.6 Å². The topological polar surface area (TPSA) is 41.1 Å². The van der Waals surface area contributed by atoms with Gasteiger partial charge in [-0.05, 0) is 52.1 Å². The third-order valence-corrected chi connectivity index (χ3v) is 2.98. The van der Waals surface area contributed by atoms with Crippen LogP contribution in [0.5, 0.6) is 0 Å². The Hall–Kier alpha value is -0.830. The van der Waals surface area contributed by atoms with Gasteiger partial charge >= 0.3 is 0 Å². The molecule has 0 spiro atoms. The predicted octanol–water partition coefficient (Wildman–Crippen LogP) is 1.99. The molecule has 16 heavy (non-hydrogen) atoms. The lowest BCUT2D eigenvalue weighted by Gasteiger charge is -2.12. The minimum absolute atomic E-state index is 0.187. The van der Waals surface area contributed by atoms with Crippen LogP contribution in [0.25, 0.3) is 0 Å². The maximum Gasteiger partial charge on any atom is 0.220 e. The number of amides is 1. The second-order valence-electron chi connectivity index (χ2n) is 4.42. The van der Waals surface area contributed by atoms with Crippen LogP contribution >= 0.6 is 0 Å². The molecule has 0 atom stereocenters. The standard InChI is InChI=1S/C13H24N2O/c1-14-10-5-8-13(16)15-11-9-12-6-3-2-4-7-12/h6,14H,2-5,7-11H2,1H3,(H,15,16). The molecule has 0 radical (unpaired) electrons. The van der Waals surface area contributed by atoms with Gasteiger partial charge in [-0.2, -0.15) is 0 Å². The van der Waals surface area contributed by atoms with Crippen LogP contribution in [0.1, 0.15) is 44.9 Å². The highest BCUT2D eigenvalue weighted by molar-refractivity contribution is 5.75. The fourth-order valence-electron chi connectivity index (χ4n) is 2.01. The van der Waals surface area contributed by atoms with E-state index >= 15 is 0 Å². The molecule has 0 aromatic rings. The summed E-state index contributed by atoms with van der Waals surface area (Å²) in [5, 5.41) is 6.02. The van der Waals surface area contributed by atoms with E-state index in [2.05, 4.69) is 16.7 Å². The summed E-state index contributed by atoms with van der Waals surface area (Å²) in [6, 6.07) is 0. The van der Waals surface area contributed by atoms with E-state index in [1.807, 2.05) is 7.05 Å². The van der Waals surface area contributed by atoms with E-state index in [9.17, 15) is 4.79 Å². The summed E-state index contributed by atoms with van der Waals surface area (Å²) >= 11 is 0. The molecule has 92 valence electrons. The molecular formula is C13H24N2O. The number of carbonyl (C=O) groups excluding carboxylic acids is 1. The summed E-state index contributed by atoms with van der Waals surface area (Å²) in [5.74, 6) is 0.187. The molecule has 1 aliphatic rings. The van der Waals surface area contributed by atoms with Crippen LogP contribution in [0.15, 0.2) is 11.6 Å². The molecule has 3 heteroatoms. The lowest BCUT2D eigenvalue weighted by molar-refractivity contribution is -0.121. The predicted molar refractivity (Wildman–Crippen MR) is 67.3 cm³/mol. The average molecular weight is 224 g/mol. The van der Waals surface area contributed by atoms with E-state index in [4.69, 9.17) is 0 Å². The zero-order valence-corrected chi connectivity index (χ0v) is 10.3. The van der Waals surface area contributed by atoms with Crippen molar-refractivity contribution >= 4 is 5.91 Å². The van der Waals surface area contributed by atoms with Crippen LogP contribution in [0.4, 0.5) is 0 Å². The van der Waals surface area contributed by atoms with Gasteiger partial charge in [0.1, 0.15) is 0 Å². The first-order valence-corrected chi connectivity index (χ1v) is 6.42. The Bertz CT molecular complexity index is 236. The molecule has 0 unspecified atom stereocenters. The van der Waals surface area contributed by atoms with Gasteiger partial charge in [0.25, 0.3) is 0 Å². The number of rotatable bonds is 7. The minimum Gasteiger partial charge on any atom is -0.356 e. The van der Waals surface area contributed by atoms with Crippen LogP contribution < -0.4 is 10.6 Å². The first-order valence-electron chi connectivity index (χ1n) is 6.42. The molecule has 0 fully saturated rings. The largest absolute Gasteiger partial charge is 0.356 e. The van der Waals surface area contributed by atoms with E-state index in [0.29, 0.717) is 6.42 Å². The highest BCUT2D eigenvalue weighted by Gasteiger charge is 2.04. The van der Waals surface area contributed by atoms with E-state index in [-0.39, 0.29) is 5.91 Å². The van der Waals surface area contributed by atoms with Gasteiger partial charge in [0.05, 0.1) is 0 Å². The van der Waals surface area contributed by atoms with Crippen LogP contribution in [-0.4, -0.2) is 26.0 Å². The fourth-order valence-corrected chi connectivity index (χ4v) is 2.01. The highest BCUT2D eigenvalue weighted by Crippen LogP contribution is 2.19. The summed E-state index contributed by atoms with van der Waals surface area (Å²) in [7, 11) is 1.91. The Labute approximate surface area is 98.7 Å². The molecular weight excluding hydrogens is 200 g/mol. The molecule has 0 saturated heterocycles. The minimum atomic E-state index is 0.187. The van der Waals surface area contributed by atoms with Gasteiger partial charge in [0.15, 0.2) is 0 Å². The van der Waals surface area contributed by atoms with Crippen LogP contribution in [0.3, 0.4) is 0 Å². The van der Waals surface area contributed by atoms with Crippen molar-refractivity contribution in [1.82, 2.24) is 10.6 Å². The third kappa shape index (κ3) is 5.91. The Morgan fingerprint density at radius 3 is 2.94 bits per heavy atom. The quantitative estimate of drug-likeness (QED) is 0.513. The zero-order valence-electron chi connectivity index (χ0n) is 10.3. The summed E-state index contributed by atoms with van der Waals surface area (Å²) in [5.41, 5.74) is 1.53. The smallest absolute Gasteiger partial charge is 0.220 e. The van der Waals surface area contributed by atoms with E-state index in [0.717, 1.165) is 25.9 Å². The van der Waals surface area contributed by atoms with E-state index < -0.39 is 0 Å². The number of nitrogens with one attached hydrogen (secondary N) is 2. The molecule has 0 aliphatic heterocycles. The van der Waals surface area contributed by atoms with E-state index in [1.54, 1.807) is 0 Å². The lowest BCUT2D eigenvalue weighted by atomic mass is 9.97. The first-order chi connectivity index (χ1) is 7.83. The number of allylic oxidation sites excluding steroid dienone is 1. The van der Waals surface area contributed by atoms with Gasteiger partial charge in [-0.25, -0.2) is 0 Å². The molecule has 3 nitrogen and oxygen atoms in total. The van der Waals surface area contributed by atoms with Crippen molar-refractivity contribution in [2.24, 2.45) is 0 Å². The molecule has 0 heterocycles. The average Bonchev–Trinajstić information content (AvgIpc) is 2.31. The maximum atomic E-state index is 11.4. The van der Waals surface area contributed by atoms with Gasteiger partial charge < -0.3 is 10.6 Å². The maximum absolute atomic E-state index is 11.4. The van der Waals surface area contributed by atoms with Gasteiger partial charge in [-0.15, -0.1) is 0 Å². The van der Waals surface area contributed by atoms with Gasteiger partial charge in [-0.3, -0.25) is 4.79 Å². The Balaban J connectivity index is 2.01. The van der Waals surface area contributed by atoms with Gasteiger partial charge in [0, 0.05) is 13.0 Å². The molecule has 1 amide bonds. The normalized spacial score (nSPS) is 15.7. The monoisotopic (exact) mass is 224 g/mol. The summed E-state index contributed by atoms with van der Waals surface area (Å²) in [6.07, 6.45) is 10.1. The van der Waals surface area contributed by atoms with Gasteiger partial charge in [0.2, 0.25) is 5.91 Å². The molecule has 0 aromatic heterocycles. The van der Waals surface area contributed by atoms with Crippen molar-refractivity contribution in [3.63, 3.8) is 0 Å². The molecule has 0 aromatic carbocycles. The van der Waals surface area contributed by atoms with Crippen molar-refractivity contribution in [2.75, 3.05) is 20.1 Å². The summed E-state index contributed by atoms with van der Waals surface area (Å²) < 4.78 is 0. The lowest BCUT2D eigenvalue weighted by Crippen LogP contribution is -2.25. The second kappa shape index (κ2) is 8.34. The molecule has 0 saturated carbocycles. The van der Waals surface area contributed by atoms with Crippen LogP contribution in [-0.2, 0) is 4.79 Å². The van der Waals surface area contributed by atoms with Crippen molar-refractivity contribution in [2.45, 2.75) is 44.9 Å². The third-order valence-electron chi connectivity index (χ3n) is 2.98. The molecule has 1 aliphatic carbocycles. The fraction of sp³-hybridized carbons (Fsp3) is 0.769. The van der Waals surface area contributed by atoms with Crippen molar-refractivity contribution in [1.29, 1.82) is 0 Å². The molecule has 0 bridgehead atoms. The summed E-state index contributed by atoms with van der Waals surface area (Å²) in [6.45, 7) is 1.72. The number of hydrogen-bond donors (Lipinski definition) is 2. The Morgan fingerprint density at radius 2 is 2.25 bits per heavy atom. The highest BCUT2D eigenvalue weighted by atomic mass is 16.1. The first kappa shape index (κ1) is 13.2. The Kier molecular flexibility index (Phi) is 6.90. The Morgan fingerprint density at radius 1 is 1.38 bits per heavy atom. The van der Waals surface area contributed by atoms with E-state index in [1.165, 1.54) is 31.3 Å². The van der Waals surface area contributed by atoms with Crippen molar-refractivity contribution < 1.29 is 4.79 Å². The van der Waals surface area contributed by atoms with Crippen molar-refractivity contribution in [3.8, 4) is 0 Å². The number of carbonyl (C=O) groups is 1. The number of hydrogen-bond acceptors (Lipinski definition) is 2. The summed E-state index contributed by atoms with van der Waals surface area (Å²) in [4.78, 5) is 11.4. The van der Waals surface area contributed by atoms with Crippen LogP contribution in [0, 0.1) is 0 Å². The molecule has 2 N–H and O–H groups in total.